The molecule has 3 rings (SSSR count). The van der Waals surface area contributed by atoms with Crippen LogP contribution in [0.3, 0.4) is 0 Å². The third kappa shape index (κ3) is 2.76. The molecule has 0 saturated heterocycles. The fraction of sp³-hybridized carbons (Fsp3) is 0.125. The van der Waals surface area contributed by atoms with Crippen LogP contribution in [0.2, 0.25) is 0 Å². The molecule has 0 radical (unpaired) electrons. The van der Waals surface area contributed by atoms with Crippen molar-refractivity contribution >= 4 is 11.5 Å². The van der Waals surface area contributed by atoms with Crippen LogP contribution in [0.4, 0.5) is 0 Å². The van der Waals surface area contributed by atoms with Crippen LogP contribution in [0.5, 0.6) is 17.2 Å². The predicted molar refractivity (Wildman–Crippen MR) is 81.1 cm³/mol. The zero-order valence-electron chi connectivity index (χ0n) is 12.3. The Morgan fingerprint density at radius 2 is 2.00 bits per heavy atom. The number of ether oxygens (including phenoxy) is 2. The second-order valence-corrected chi connectivity index (χ2v) is 4.76. The summed E-state index contributed by atoms with van der Waals surface area (Å²) in [5.74, 6) is 0.404. The molecule has 2 heterocycles. The van der Waals surface area contributed by atoms with E-state index in [1.54, 1.807) is 34.9 Å². The van der Waals surface area contributed by atoms with Crippen molar-refractivity contribution in [2.75, 3.05) is 7.11 Å². The molecule has 0 bridgehead atoms. The minimum absolute atomic E-state index is 0.0758. The number of methoxy groups -OCH3 is 1. The van der Waals surface area contributed by atoms with Crippen molar-refractivity contribution in [3.05, 3.63) is 54.1 Å². The number of rotatable bonds is 5. The van der Waals surface area contributed by atoms with E-state index in [1.165, 1.54) is 19.2 Å². The molecule has 0 atom stereocenters. The molecular formula is C16H14N2O5. The van der Waals surface area contributed by atoms with Gasteiger partial charge in [-0.1, -0.05) is 0 Å². The lowest BCUT2D eigenvalue weighted by molar-refractivity contribution is 0.0692. The van der Waals surface area contributed by atoms with E-state index in [0.29, 0.717) is 22.8 Å². The number of aromatic hydroxyl groups is 1. The fourth-order valence-electron chi connectivity index (χ4n) is 2.28. The normalized spacial score (nSPS) is 10.7. The zero-order chi connectivity index (χ0) is 16.4. The Bertz CT molecular complexity index is 855. The summed E-state index contributed by atoms with van der Waals surface area (Å²) >= 11 is 0. The van der Waals surface area contributed by atoms with Gasteiger partial charge in [-0.3, -0.25) is 4.40 Å². The molecule has 0 amide bonds. The summed E-state index contributed by atoms with van der Waals surface area (Å²) in [4.78, 5) is 15.5. The topological polar surface area (TPSA) is 93.3 Å². The lowest BCUT2D eigenvalue weighted by Crippen LogP contribution is -2.01. The van der Waals surface area contributed by atoms with Gasteiger partial charge in [0.15, 0.2) is 11.5 Å². The highest BCUT2D eigenvalue weighted by molar-refractivity contribution is 5.95. The maximum atomic E-state index is 11.4. The third-order valence-electron chi connectivity index (χ3n) is 3.33. The van der Waals surface area contributed by atoms with Gasteiger partial charge in [0.2, 0.25) is 0 Å². The van der Waals surface area contributed by atoms with Crippen molar-refractivity contribution in [3.8, 4) is 17.2 Å². The first kappa shape index (κ1) is 14.7. The number of phenolic OH excluding ortho intramolecular Hbond substituents is 1. The Labute approximate surface area is 131 Å². The van der Waals surface area contributed by atoms with Gasteiger partial charge in [-0.2, -0.15) is 0 Å². The summed E-state index contributed by atoms with van der Waals surface area (Å²) in [5, 5.41) is 18.6. The van der Waals surface area contributed by atoms with E-state index < -0.39 is 5.97 Å². The highest BCUT2D eigenvalue weighted by Gasteiger charge is 2.20. The molecule has 7 heteroatoms. The van der Waals surface area contributed by atoms with Gasteiger partial charge in [0.25, 0.3) is 0 Å². The molecule has 3 aromatic rings. The maximum absolute atomic E-state index is 11.4. The van der Waals surface area contributed by atoms with Crippen LogP contribution in [0.25, 0.3) is 5.52 Å². The van der Waals surface area contributed by atoms with Gasteiger partial charge in [-0.25, -0.2) is 9.78 Å². The van der Waals surface area contributed by atoms with Crippen LogP contribution in [0, 0.1) is 0 Å². The van der Waals surface area contributed by atoms with Crippen LogP contribution < -0.4 is 9.47 Å². The number of pyridine rings is 1. The first-order valence-electron chi connectivity index (χ1n) is 6.79. The summed E-state index contributed by atoms with van der Waals surface area (Å²) in [5.41, 5.74) is 0.290. The van der Waals surface area contributed by atoms with Crippen molar-refractivity contribution in [1.29, 1.82) is 0 Å². The number of hydrogen-bond donors (Lipinski definition) is 2. The number of carbonyl (C=O) groups is 1. The van der Waals surface area contributed by atoms with Gasteiger partial charge in [0.1, 0.15) is 29.4 Å². The predicted octanol–water partition coefficient (Wildman–Crippen LogP) is 2.33. The minimum Gasteiger partial charge on any atom is -0.508 e. The van der Waals surface area contributed by atoms with Crippen LogP contribution in [-0.2, 0) is 6.61 Å². The molecule has 0 aliphatic rings. The molecular weight excluding hydrogens is 300 g/mol. The molecule has 0 spiro atoms. The minimum atomic E-state index is -1.14. The van der Waals surface area contributed by atoms with E-state index in [1.807, 2.05) is 0 Å². The first-order chi connectivity index (χ1) is 11.1. The SMILES string of the molecule is COc1cccn2c(COc3ccc(O)cc3)nc(C(=O)O)c12. The van der Waals surface area contributed by atoms with Crippen molar-refractivity contribution in [2.24, 2.45) is 0 Å². The smallest absolute Gasteiger partial charge is 0.356 e. The molecule has 0 saturated carbocycles. The van der Waals surface area contributed by atoms with Crippen molar-refractivity contribution < 1.29 is 24.5 Å². The average molecular weight is 314 g/mol. The molecule has 118 valence electrons. The molecule has 0 fully saturated rings. The van der Waals surface area contributed by atoms with Gasteiger partial charge in [0, 0.05) is 6.20 Å². The van der Waals surface area contributed by atoms with E-state index in [0.717, 1.165) is 0 Å². The Kier molecular flexibility index (Phi) is 3.76. The highest BCUT2D eigenvalue weighted by Crippen LogP contribution is 2.25. The summed E-state index contributed by atoms with van der Waals surface area (Å²) in [6.07, 6.45) is 1.70. The van der Waals surface area contributed by atoms with Gasteiger partial charge in [-0.05, 0) is 36.4 Å². The monoisotopic (exact) mass is 314 g/mol. The van der Waals surface area contributed by atoms with Gasteiger partial charge in [0.05, 0.1) is 7.11 Å². The number of aromatic carboxylic acids is 1. The van der Waals surface area contributed by atoms with E-state index in [4.69, 9.17) is 9.47 Å². The van der Waals surface area contributed by atoms with E-state index in [-0.39, 0.29) is 18.1 Å². The molecule has 23 heavy (non-hydrogen) atoms. The van der Waals surface area contributed by atoms with Crippen LogP contribution >= 0.6 is 0 Å². The summed E-state index contributed by atoms with van der Waals surface area (Å²) in [6, 6.07) is 9.65. The van der Waals surface area contributed by atoms with Crippen LogP contribution in [0.1, 0.15) is 16.3 Å². The number of fused-ring (bicyclic) bond motifs is 1. The number of hydrogen-bond acceptors (Lipinski definition) is 5. The Balaban J connectivity index is 1.97. The number of imidazole rings is 1. The van der Waals surface area contributed by atoms with Crippen molar-refractivity contribution in [2.45, 2.75) is 6.61 Å². The first-order valence-corrected chi connectivity index (χ1v) is 6.79. The second-order valence-electron chi connectivity index (χ2n) is 4.76. The lowest BCUT2D eigenvalue weighted by Gasteiger charge is -2.07. The number of benzene rings is 1. The second kappa shape index (κ2) is 5.88. The molecule has 2 aromatic heterocycles. The fourth-order valence-corrected chi connectivity index (χ4v) is 2.28. The molecule has 2 N–H and O–H groups in total. The largest absolute Gasteiger partial charge is 0.508 e. The number of phenols is 1. The van der Waals surface area contributed by atoms with Crippen molar-refractivity contribution in [1.82, 2.24) is 9.38 Å². The van der Waals surface area contributed by atoms with E-state index >= 15 is 0 Å². The number of nitrogens with zero attached hydrogens (tertiary/aromatic N) is 2. The highest BCUT2D eigenvalue weighted by atomic mass is 16.5. The number of carboxylic acids is 1. The van der Waals surface area contributed by atoms with Gasteiger partial charge in [-0.15, -0.1) is 0 Å². The van der Waals surface area contributed by atoms with Gasteiger partial charge >= 0.3 is 5.97 Å². The Hall–Kier alpha value is -3.22. The molecule has 0 aliphatic heterocycles. The lowest BCUT2D eigenvalue weighted by atomic mass is 10.3. The Morgan fingerprint density at radius 1 is 1.26 bits per heavy atom. The molecule has 0 unspecified atom stereocenters. The molecule has 1 aromatic carbocycles. The quantitative estimate of drug-likeness (QED) is 0.751. The summed E-state index contributed by atoms with van der Waals surface area (Å²) in [6.45, 7) is 0.0758. The average Bonchev–Trinajstić information content (AvgIpc) is 2.93. The molecule has 7 nitrogen and oxygen atoms in total. The van der Waals surface area contributed by atoms with Crippen LogP contribution in [0.15, 0.2) is 42.6 Å². The summed E-state index contributed by atoms with van der Waals surface area (Å²) < 4.78 is 12.4. The van der Waals surface area contributed by atoms with Crippen molar-refractivity contribution in [3.63, 3.8) is 0 Å². The zero-order valence-corrected chi connectivity index (χ0v) is 12.3. The number of carboxylic acid groups (broad SMARTS) is 1. The Morgan fingerprint density at radius 3 is 2.65 bits per heavy atom. The standard InChI is InChI=1S/C16H14N2O5/c1-22-12-3-2-8-18-13(17-14(15(12)18)16(20)21)9-23-11-6-4-10(19)5-7-11/h2-8,19H,9H2,1H3,(H,20,21). The molecule has 0 aliphatic carbocycles. The van der Waals surface area contributed by atoms with Gasteiger partial charge < -0.3 is 19.7 Å². The van der Waals surface area contributed by atoms with E-state index in [2.05, 4.69) is 4.98 Å². The maximum Gasteiger partial charge on any atom is 0.356 e. The van der Waals surface area contributed by atoms with E-state index in [9.17, 15) is 15.0 Å². The third-order valence-corrected chi connectivity index (χ3v) is 3.33. The van der Waals surface area contributed by atoms with Crippen LogP contribution in [-0.4, -0.2) is 32.7 Å². The summed E-state index contributed by atoms with van der Waals surface area (Å²) in [7, 11) is 1.47. The number of aromatic nitrogens is 2.